The van der Waals surface area contributed by atoms with Crippen molar-refractivity contribution in [2.24, 2.45) is 7.05 Å². The van der Waals surface area contributed by atoms with Crippen molar-refractivity contribution in [3.05, 3.63) is 121 Å². The lowest BCUT2D eigenvalue weighted by Crippen LogP contribution is -2.48. The Balaban J connectivity index is 0.946. The molecule has 10 nitrogen and oxygen atoms in total. The van der Waals surface area contributed by atoms with Gasteiger partial charge in [-0.05, 0) is 64.9 Å². The molecule has 1 N–H and O–H groups in total. The summed E-state index contributed by atoms with van der Waals surface area (Å²) in [5, 5.41) is 2.63. The van der Waals surface area contributed by atoms with Crippen LogP contribution in [0.1, 0.15) is 16.1 Å². The Morgan fingerprint density at radius 1 is 0.827 bits per heavy atom. The van der Waals surface area contributed by atoms with Crippen LogP contribution < -0.4 is 14.2 Å². The molecule has 1 aliphatic rings. The highest BCUT2D eigenvalue weighted by Crippen LogP contribution is 2.29. The molecule has 14 heteroatoms. The number of anilines is 1. The van der Waals surface area contributed by atoms with Crippen molar-refractivity contribution >= 4 is 43.3 Å². The van der Waals surface area contributed by atoms with Gasteiger partial charge in [0.2, 0.25) is 5.88 Å². The van der Waals surface area contributed by atoms with Gasteiger partial charge in [0.05, 0.1) is 22.3 Å². The topological polar surface area (TPSA) is 106 Å². The fourth-order valence-corrected chi connectivity index (χ4v) is 7.21. The van der Waals surface area contributed by atoms with Gasteiger partial charge < -0.3 is 18.9 Å². The van der Waals surface area contributed by atoms with E-state index in [1.807, 2.05) is 59.0 Å². The molecular formula is C38H34F3N5O5S. The second-order valence-electron chi connectivity index (χ2n) is 12.5. The maximum Gasteiger partial charge on any atom is 0.422 e. The smallest absolute Gasteiger partial charge is 0.422 e. The summed E-state index contributed by atoms with van der Waals surface area (Å²) < 4.78 is 78.5. The van der Waals surface area contributed by atoms with Crippen molar-refractivity contribution in [2.75, 3.05) is 37.5 Å². The quantitative estimate of drug-likeness (QED) is 0.159. The number of benzene rings is 4. The standard InChI is InChI=1S/C38H34F3N5O5S/c1-44-34-22-32(51-36-15-10-30(23-42-36)43-52(48,49)33-14-9-27-4-2-3-5-28(27)20-33)13-8-29(34)21-35(44)37(47)46-18-16-45(17-19-46)24-26-6-11-31(12-7-26)50-25-38(39,40)41/h2-15,20-23,43H,16-19,24-25H2,1H3. The maximum atomic E-state index is 13.6. The average Bonchev–Trinajstić information content (AvgIpc) is 3.46. The van der Waals surface area contributed by atoms with Crippen molar-refractivity contribution in [1.29, 1.82) is 0 Å². The molecule has 0 atom stereocenters. The number of nitrogens with zero attached hydrogens (tertiary/aromatic N) is 4. The zero-order valence-electron chi connectivity index (χ0n) is 28.0. The largest absolute Gasteiger partial charge is 0.484 e. The summed E-state index contributed by atoms with van der Waals surface area (Å²) in [6.07, 6.45) is -3.00. The normalized spacial score (nSPS) is 14.1. The molecule has 52 heavy (non-hydrogen) atoms. The Kier molecular flexibility index (Phi) is 9.51. The molecule has 0 aliphatic carbocycles. The summed E-state index contributed by atoms with van der Waals surface area (Å²) in [5.74, 6) is 0.840. The van der Waals surface area contributed by atoms with Gasteiger partial charge in [-0.3, -0.25) is 14.4 Å². The number of ether oxygens (including phenoxy) is 2. The molecule has 7 rings (SSSR count). The van der Waals surface area contributed by atoms with Crippen LogP contribution in [0.4, 0.5) is 18.9 Å². The van der Waals surface area contributed by atoms with Crippen LogP contribution in [0.15, 0.2) is 114 Å². The van der Waals surface area contributed by atoms with Crippen LogP contribution in [0, 0.1) is 0 Å². The van der Waals surface area contributed by atoms with E-state index in [2.05, 4.69) is 14.6 Å². The van der Waals surface area contributed by atoms with Crippen LogP contribution in [0.3, 0.4) is 0 Å². The number of fused-ring (bicyclic) bond motifs is 2. The van der Waals surface area contributed by atoms with Crippen molar-refractivity contribution in [2.45, 2.75) is 17.6 Å². The fraction of sp³-hybridized carbons (Fsp3) is 0.211. The van der Waals surface area contributed by atoms with Gasteiger partial charge in [-0.2, -0.15) is 13.2 Å². The van der Waals surface area contributed by atoms with E-state index in [0.29, 0.717) is 44.2 Å². The van der Waals surface area contributed by atoms with Gasteiger partial charge in [-0.15, -0.1) is 0 Å². The number of carbonyl (C=O) groups is 1. The third-order valence-electron chi connectivity index (χ3n) is 8.87. The molecule has 0 bridgehead atoms. The number of piperazine rings is 1. The van der Waals surface area contributed by atoms with Gasteiger partial charge in [0.1, 0.15) is 17.2 Å². The Hall–Kier alpha value is -5.60. The van der Waals surface area contributed by atoms with E-state index < -0.39 is 22.8 Å². The van der Waals surface area contributed by atoms with Crippen LogP contribution in [-0.4, -0.2) is 72.6 Å². The van der Waals surface area contributed by atoms with Gasteiger partial charge in [0.15, 0.2) is 6.61 Å². The predicted octanol–water partition coefficient (Wildman–Crippen LogP) is 7.22. The van der Waals surface area contributed by atoms with E-state index in [1.54, 1.807) is 48.5 Å². The van der Waals surface area contributed by atoms with E-state index in [1.165, 1.54) is 18.3 Å². The first-order valence-electron chi connectivity index (χ1n) is 16.5. The molecule has 0 unspecified atom stereocenters. The first-order chi connectivity index (χ1) is 24.9. The summed E-state index contributed by atoms with van der Waals surface area (Å²) in [5.41, 5.74) is 2.56. The summed E-state index contributed by atoms with van der Waals surface area (Å²) in [6, 6.07) is 29.5. The highest BCUT2D eigenvalue weighted by Gasteiger charge is 2.28. The molecule has 268 valence electrons. The Bertz CT molecular complexity index is 2340. The minimum absolute atomic E-state index is 0.0876. The number of aromatic nitrogens is 2. The third-order valence-corrected chi connectivity index (χ3v) is 10.2. The zero-order chi connectivity index (χ0) is 36.5. The van der Waals surface area contributed by atoms with E-state index in [0.717, 1.165) is 27.2 Å². The number of amides is 1. The molecule has 0 radical (unpaired) electrons. The molecule has 0 saturated carbocycles. The first kappa shape index (κ1) is 34.8. The summed E-state index contributed by atoms with van der Waals surface area (Å²) in [7, 11) is -2.01. The molecule has 1 aliphatic heterocycles. The zero-order valence-corrected chi connectivity index (χ0v) is 28.8. The number of alkyl halides is 3. The predicted molar refractivity (Wildman–Crippen MR) is 191 cm³/mol. The number of nitrogens with one attached hydrogen (secondary N) is 1. The van der Waals surface area contributed by atoms with E-state index >= 15 is 0 Å². The van der Waals surface area contributed by atoms with Crippen LogP contribution in [0.25, 0.3) is 21.7 Å². The number of pyridine rings is 1. The number of carbonyl (C=O) groups excluding carboxylic acids is 1. The highest BCUT2D eigenvalue weighted by molar-refractivity contribution is 7.92. The number of sulfonamides is 1. The van der Waals surface area contributed by atoms with Crippen molar-refractivity contribution < 1.29 is 35.9 Å². The molecule has 0 spiro atoms. The van der Waals surface area contributed by atoms with Gasteiger partial charge in [0.25, 0.3) is 15.9 Å². The number of halogens is 3. The highest BCUT2D eigenvalue weighted by atomic mass is 32.2. The monoisotopic (exact) mass is 729 g/mol. The minimum Gasteiger partial charge on any atom is -0.484 e. The van der Waals surface area contributed by atoms with Gasteiger partial charge in [-0.25, -0.2) is 13.4 Å². The summed E-state index contributed by atoms with van der Waals surface area (Å²) in [4.78, 5) is 22.0. The Morgan fingerprint density at radius 2 is 1.54 bits per heavy atom. The van der Waals surface area contributed by atoms with Gasteiger partial charge >= 0.3 is 6.18 Å². The SMILES string of the molecule is Cn1c(C(=O)N2CCN(Cc3ccc(OCC(F)(F)F)cc3)CC2)cc2ccc(Oc3ccc(NS(=O)(=O)c4ccc5ccccc5c4)cn3)cc21. The van der Waals surface area contributed by atoms with Crippen LogP contribution in [-0.2, 0) is 23.6 Å². The summed E-state index contributed by atoms with van der Waals surface area (Å²) in [6.45, 7) is 1.64. The third kappa shape index (κ3) is 7.98. The molecule has 3 heterocycles. The first-order valence-corrected chi connectivity index (χ1v) is 17.9. The number of hydrogen-bond acceptors (Lipinski definition) is 7. The molecule has 1 saturated heterocycles. The molecular weight excluding hydrogens is 696 g/mol. The molecule has 4 aromatic carbocycles. The van der Waals surface area contributed by atoms with Gasteiger partial charge in [-0.1, -0.05) is 42.5 Å². The Labute approximate surface area is 298 Å². The van der Waals surface area contributed by atoms with Crippen molar-refractivity contribution in [1.82, 2.24) is 19.4 Å². The lowest BCUT2D eigenvalue weighted by molar-refractivity contribution is -0.153. The minimum atomic E-state index is -4.39. The summed E-state index contributed by atoms with van der Waals surface area (Å²) >= 11 is 0. The second-order valence-corrected chi connectivity index (χ2v) is 14.2. The molecule has 6 aromatic rings. The number of hydrogen-bond donors (Lipinski definition) is 1. The van der Waals surface area contributed by atoms with Crippen molar-refractivity contribution in [3.63, 3.8) is 0 Å². The lowest BCUT2D eigenvalue weighted by atomic mass is 10.1. The number of rotatable bonds is 10. The Morgan fingerprint density at radius 3 is 2.25 bits per heavy atom. The van der Waals surface area contributed by atoms with E-state index in [4.69, 9.17) is 9.47 Å². The number of aryl methyl sites for hydroxylation is 1. The van der Waals surface area contributed by atoms with Gasteiger partial charge in [0, 0.05) is 57.3 Å². The maximum absolute atomic E-state index is 13.6. The van der Waals surface area contributed by atoms with Crippen LogP contribution in [0.2, 0.25) is 0 Å². The van der Waals surface area contributed by atoms with Crippen molar-refractivity contribution in [3.8, 4) is 17.4 Å². The van der Waals surface area contributed by atoms with Crippen LogP contribution in [0.5, 0.6) is 17.4 Å². The van der Waals surface area contributed by atoms with E-state index in [9.17, 15) is 26.4 Å². The lowest BCUT2D eigenvalue weighted by Gasteiger charge is -2.34. The molecule has 1 amide bonds. The van der Waals surface area contributed by atoms with Crippen LogP contribution >= 0.6 is 0 Å². The van der Waals surface area contributed by atoms with E-state index in [-0.39, 0.29) is 28.1 Å². The molecule has 1 fully saturated rings. The molecule has 2 aromatic heterocycles. The second kappa shape index (κ2) is 14.2. The average molecular weight is 730 g/mol. The fourth-order valence-electron chi connectivity index (χ4n) is 6.13.